The number of aromatic nitrogens is 1. The molecular formula is C25H30N2O2S2. The van der Waals surface area contributed by atoms with Crippen molar-refractivity contribution in [3.05, 3.63) is 53.6 Å². The molecule has 1 unspecified atom stereocenters. The van der Waals surface area contributed by atoms with Gasteiger partial charge in [-0.05, 0) is 68.2 Å². The highest BCUT2D eigenvalue weighted by molar-refractivity contribution is 7.99. The Hall–Kier alpha value is -1.89. The highest BCUT2D eigenvalue weighted by Gasteiger charge is 2.26. The summed E-state index contributed by atoms with van der Waals surface area (Å²) in [6, 6.07) is 15.0. The third-order valence-electron chi connectivity index (χ3n) is 5.62. The van der Waals surface area contributed by atoms with Gasteiger partial charge in [0.05, 0.1) is 22.9 Å². The SMILES string of the molecule is CCc1ccc2nc(N(CC3CCCO3)C(=O)CCCSc3ccc(C)cc3)sc2c1. The lowest BCUT2D eigenvalue weighted by Gasteiger charge is -2.23. The summed E-state index contributed by atoms with van der Waals surface area (Å²) in [5.74, 6) is 1.08. The number of nitrogens with zero attached hydrogens (tertiary/aromatic N) is 2. The number of fused-ring (bicyclic) bond motifs is 1. The minimum atomic E-state index is 0.115. The van der Waals surface area contributed by atoms with Crippen LogP contribution in [0.15, 0.2) is 47.4 Å². The fourth-order valence-electron chi connectivity index (χ4n) is 3.75. The largest absolute Gasteiger partial charge is 0.376 e. The summed E-state index contributed by atoms with van der Waals surface area (Å²) in [7, 11) is 0. The van der Waals surface area contributed by atoms with Crippen molar-refractivity contribution < 1.29 is 9.53 Å². The van der Waals surface area contributed by atoms with E-state index < -0.39 is 0 Å². The van der Waals surface area contributed by atoms with E-state index >= 15 is 0 Å². The average molecular weight is 455 g/mol. The Balaban J connectivity index is 1.42. The molecule has 1 aliphatic heterocycles. The summed E-state index contributed by atoms with van der Waals surface area (Å²) in [5.41, 5.74) is 3.54. The van der Waals surface area contributed by atoms with Crippen molar-refractivity contribution in [2.45, 2.75) is 57.0 Å². The maximum Gasteiger partial charge on any atom is 0.228 e. The van der Waals surface area contributed by atoms with Gasteiger partial charge in [-0.25, -0.2) is 4.98 Å². The van der Waals surface area contributed by atoms with Gasteiger partial charge in [-0.2, -0.15) is 0 Å². The summed E-state index contributed by atoms with van der Waals surface area (Å²) in [6.45, 7) is 5.65. The number of thioether (sulfide) groups is 1. The number of aryl methyl sites for hydroxylation is 2. The number of rotatable bonds is 9. The Kier molecular flexibility index (Phi) is 7.64. The second kappa shape index (κ2) is 10.6. The van der Waals surface area contributed by atoms with Crippen molar-refractivity contribution in [3.8, 4) is 0 Å². The molecule has 1 aromatic heterocycles. The van der Waals surface area contributed by atoms with Crippen molar-refractivity contribution >= 4 is 44.4 Å². The zero-order valence-electron chi connectivity index (χ0n) is 18.3. The Morgan fingerprint density at radius 1 is 1.26 bits per heavy atom. The van der Waals surface area contributed by atoms with E-state index in [1.165, 1.54) is 16.0 Å². The topological polar surface area (TPSA) is 42.4 Å². The predicted octanol–water partition coefficient (Wildman–Crippen LogP) is 6.25. The molecule has 0 N–H and O–H groups in total. The molecular weight excluding hydrogens is 424 g/mol. The first-order chi connectivity index (χ1) is 15.1. The van der Waals surface area contributed by atoms with Crippen LogP contribution in [0.3, 0.4) is 0 Å². The summed E-state index contributed by atoms with van der Waals surface area (Å²) >= 11 is 3.43. The lowest BCUT2D eigenvalue weighted by molar-refractivity contribution is -0.119. The first-order valence-corrected chi connectivity index (χ1v) is 12.9. The van der Waals surface area contributed by atoms with E-state index in [1.54, 1.807) is 11.3 Å². The molecule has 1 fully saturated rings. The molecule has 2 heterocycles. The fraction of sp³-hybridized carbons (Fsp3) is 0.440. The first kappa shape index (κ1) is 22.3. The highest BCUT2D eigenvalue weighted by Crippen LogP contribution is 2.31. The molecule has 1 aliphatic rings. The maximum absolute atomic E-state index is 13.2. The molecule has 4 nitrogen and oxygen atoms in total. The predicted molar refractivity (Wildman–Crippen MR) is 131 cm³/mol. The van der Waals surface area contributed by atoms with E-state index in [-0.39, 0.29) is 12.0 Å². The van der Waals surface area contributed by atoms with E-state index in [4.69, 9.17) is 9.72 Å². The molecule has 0 spiro atoms. The molecule has 3 aromatic rings. The minimum Gasteiger partial charge on any atom is -0.376 e. The van der Waals surface area contributed by atoms with Gasteiger partial charge in [0.15, 0.2) is 5.13 Å². The molecule has 31 heavy (non-hydrogen) atoms. The Morgan fingerprint density at radius 3 is 2.84 bits per heavy atom. The zero-order valence-corrected chi connectivity index (χ0v) is 19.9. The fourth-order valence-corrected chi connectivity index (χ4v) is 5.66. The Bertz CT molecular complexity index is 1010. The summed E-state index contributed by atoms with van der Waals surface area (Å²) in [4.78, 5) is 21.1. The zero-order chi connectivity index (χ0) is 21.6. The van der Waals surface area contributed by atoms with Crippen LogP contribution in [0.5, 0.6) is 0 Å². The third-order valence-corrected chi connectivity index (χ3v) is 7.76. The molecule has 6 heteroatoms. The van der Waals surface area contributed by atoms with Crippen molar-refractivity contribution in [1.82, 2.24) is 4.98 Å². The number of hydrogen-bond acceptors (Lipinski definition) is 5. The normalized spacial score (nSPS) is 16.1. The van der Waals surface area contributed by atoms with Crippen molar-refractivity contribution in [1.29, 1.82) is 0 Å². The summed E-state index contributed by atoms with van der Waals surface area (Å²) in [5, 5.41) is 0.801. The lowest BCUT2D eigenvalue weighted by Crippen LogP contribution is -2.37. The van der Waals surface area contributed by atoms with E-state index in [9.17, 15) is 4.79 Å². The highest BCUT2D eigenvalue weighted by atomic mass is 32.2. The van der Waals surface area contributed by atoms with Crippen LogP contribution in [0.25, 0.3) is 10.2 Å². The molecule has 0 radical (unpaired) electrons. The monoisotopic (exact) mass is 454 g/mol. The van der Waals surface area contributed by atoms with Crippen LogP contribution in [-0.2, 0) is 16.0 Å². The average Bonchev–Trinajstić information content (AvgIpc) is 3.45. The van der Waals surface area contributed by atoms with Gasteiger partial charge < -0.3 is 4.74 Å². The number of amides is 1. The number of thiazole rings is 1. The Labute approximate surface area is 193 Å². The number of anilines is 1. The maximum atomic E-state index is 13.2. The van der Waals surface area contributed by atoms with Crippen LogP contribution in [-0.4, -0.2) is 35.9 Å². The smallest absolute Gasteiger partial charge is 0.228 e. The van der Waals surface area contributed by atoms with Crippen LogP contribution in [0, 0.1) is 6.92 Å². The number of carbonyl (C=O) groups excluding carboxylic acids is 1. The number of hydrogen-bond donors (Lipinski definition) is 0. The van der Waals surface area contributed by atoms with Crippen molar-refractivity contribution in [2.75, 3.05) is 23.8 Å². The summed E-state index contributed by atoms with van der Waals surface area (Å²) < 4.78 is 6.99. The molecule has 0 bridgehead atoms. The van der Waals surface area contributed by atoms with Crippen LogP contribution >= 0.6 is 23.1 Å². The molecule has 2 aromatic carbocycles. The van der Waals surface area contributed by atoms with Crippen molar-refractivity contribution in [2.24, 2.45) is 0 Å². The van der Waals surface area contributed by atoms with Gasteiger partial charge in [-0.1, -0.05) is 42.0 Å². The van der Waals surface area contributed by atoms with Gasteiger partial charge in [-0.3, -0.25) is 9.69 Å². The van der Waals surface area contributed by atoms with E-state index in [0.29, 0.717) is 13.0 Å². The second-order valence-corrected chi connectivity index (χ2v) is 10.2. The van der Waals surface area contributed by atoms with Crippen molar-refractivity contribution in [3.63, 3.8) is 0 Å². The Morgan fingerprint density at radius 2 is 2.10 bits per heavy atom. The van der Waals surface area contributed by atoms with Crippen LogP contribution in [0.2, 0.25) is 0 Å². The van der Waals surface area contributed by atoms with Gasteiger partial charge >= 0.3 is 0 Å². The molecule has 0 aliphatic carbocycles. The van der Waals surface area contributed by atoms with E-state index in [1.807, 2.05) is 16.7 Å². The number of benzene rings is 2. The number of carbonyl (C=O) groups is 1. The lowest BCUT2D eigenvalue weighted by atomic mass is 10.2. The minimum absolute atomic E-state index is 0.115. The first-order valence-electron chi connectivity index (χ1n) is 11.1. The molecule has 164 valence electrons. The molecule has 0 saturated carbocycles. The van der Waals surface area contributed by atoms with Crippen LogP contribution in [0.4, 0.5) is 5.13 Å². The third kappa shape index (κ3) is 5.88. The molecule has 1 amide bonds. The second-order valence-electron chi connectivity index (χ2n) is 8.06. The van der Waals surface area contributed by atoms with Gasteiger partial charge in [0.25, 0.3) is 0 Å². The van der Waals surface area contributed by atoms with Crippen LogP contribution in [0.1, 0.15) is 43.7 Å². The van der Waals surface area contributed by atoms with Gasteiger partial charge in [-0.15, -0.1) is 11.8 Å². The van der Waals surface area contributed by atoms with Gasteiger partial charge in [0.1, 0.15) is 0 Å². The van der Waals surface area contributed by atoms with Crippen LogP contribution < -0.4 is 4.90 Å². The quantitative estimate of drug-likeness (QED) is 0.283. The molecule has 4 rings (SSSR count). The molecule has 1 atom stereocenters. The summed E-state index contributed by atoms with van der Waals surface area (Å²) in [6.07, 6.45) is 4.58. The van der Waals surface area contributed by atoms with Gasteiger partial charge in [0, 0.05) is 17.9 Å². The van der Waals surface area contributed by atoms with E-state index in [0.717, 1.165) is 53.4 Å². The standard InChI is InChI=1S/C25H30N2O2S2/c1-3-19-10-13-22-23(16-19)31-25(26-22)27(17-20-6-4-14-29-20)24(28)7-5-15-30-21-11-8-18(2)9-12-21/h8-13,16,20H,3-7,14-15,17H2,1-2H3. The van der Waals surface area contributed by atoms with E-state index in [2.05, 4.69) is 56.3 Å². The number of ether oxygens (including phenoxy) is 1. The van der Waals surface area contributed by atoms with Gasteiger partial charge in [0.2, 0.25) is 5.91 Å². The molecule has 1 saturated heterocycles.